The van der Waals surface area contributed by atoms with Gasteiger partial charge in [-0.1, -0.05) is 91.7 Å². The number of ether oxygens (including phenoxy) is 1. The molecule has 2 fully saturated rings. The molecule has 0 aromatic rings. The van der Waals surface area contributed by atoms with Crippen molar-refractivity contribution >= 4 is 16.1 Å². The van der Waals surface area contributed by atoms with Crippen molar-refractivity contribution < 1.29 is 4.74 Å². The Hall–Kier alpha value is 0.394. The van der Waals surface area contributed by atoms with E-state index in [0.29, 0.717) is 0 Å². The molecular formula is C22H46OSi2. The molecule has 148 valence electrons. The van der Waals surface area contributed by atoms with E-state index in [4.69, 9.17) is 4.74 Å². The number of hydrogen-bond acceptors (Lipinski definition) is 1. The normalized spacial score (nSPS) is 37.9. The largest absolute Gasteiger partial charge is 0.375 e. The van der Waals surface area contributed by atoms with Gasteiger partial charge in [0.25, 0.3) is 0 Å². The van der Waals surface area contributed by atoms with Crippen LogP contribution in [0.1, 0.15) is 78.1 Å². The van der Waals surface area contributed by atoms with Crippen LogP contribution >= 0.6 is 0 Å². The predicted octanol–water partition coefficient (Wildman–Crippen LogP) is 7.44. The minimum Gasteiger partial charge on any atom is -0.375 e. The predicted molar refractivity (Wildman–Crippen MR) is 118 cm³/mol. The second-order valence-electron chi connectivity index (χ2n) is 11.1. The van der Waals surface area contributed by atoms with Crippen molar-refractivity contribution in [3.63, 3.8) is 0 Å². The van der Waals surface area contributed by atoms with Gasteiger partial charge < -0.3 is 4.74 Å². The summed E-state index contributed by atoms with van der Waals surface area (Å²) in [5.74, 6) is 1.58. The highest BCUT2D eigenvalue weighted by atomic mass is 28.3. The minimum absolute atomic E-state index is 0.213. The first-order valence-corrected chi connectivity index (χ1v) is 18.2. The summed E-state index contributed by atoms with van der Waals surface area (Å²) in [7, 11) is -2.89. The van der Waals surface area contributed by atoms with Crippen molar-refractivity contribution in [3.05, 3.63) is 0 Å². The maximum Gasteiger partial charge on any atom is 0.0828 e. The maximum atomic E-state index is 7.77. The average molecular weight is 383 g/mol. The second-order valence-corrected chi connectivity index (χ2v) is 21.8. The molecule has 0 aromatic heterocycles. The van der Waals surface area contributed by atoms with Gasteiger partial charge in [-0.2, -0.15) is 0 Å². The molecule has 0 spiro atoms. The molecule has 0 aromatic carbocycles. The van der Waals surface area contributed by atoms with Crippen LogP contribution in [0.25, 0.3) is 0 Å². The quantitative estimate of drug-likeness (QED) is 0.434. The molecule has 2 rings (SSSR count). The van der Waals surface area contributed by atoms with E-state index in [1.54, 1.807) is 0 Å². The van der Waals surface area contributed by atoms with Crippen molar-refractivity contribution in [1.82, 2.24) is 0 Å². The Morgan fingerprint density at radius 3 is 1.32 bits per heavy atom. The molecule has 2 aliphatic carbocycles. The van der Waals surface area contributed by atoms with Gasteiger partial charge in [0.1, 0.15) is 0 Å². The fourth-order valence-electron chi connectivity index (χ4n) is 6.37. The Morgan fingerprint density at radius 1 is 0.680 bits per heavy atom. The fraction of sp³-hybridized carbons (Fsp3) is 1.00. The topological polar surface area (TPSA) is 9.23 Å². The molecule has 4 unspecified atom stereocenters. The zero-order chi connectivity index (χ0) is 18.9. The Labute approximate surface area is 160 Å². The van der Waals surface area contributed by atoms with Crippen molar-refractivity contribution in [2.24, 2.45) is 11.8 Å². The third-order valence-electron chi connectivity index (χ3n) is 7.91. The number of rotatable bonds is 6. The zero-order valence-electron chi connectivity index (χ0n) is 18.6. The third-order valence-corrected chi connectivity index (χ3v) is 14.5. The van der Waals surface area contributed by atoms with Gasteiger partial charge in [-0.3, -0.25) is 0 Å². The third kappa shape index (κ3) is 3.85. The van der Waals surface area contributed by atoms with Crippen LogP contribution in [0.5, 0.6) is 0 Å². The van der Waals surface area contributed by atoms with Crippen LogP contribution in [0.4, 0.5) is 0 Å². The SMILES string of the molecule is CCC1CCCCC1(OC1([Si](C)(C)C)CCCCC1CC)[Si](C)(C)C. The molecule has 1 nitrogen and oxygen atoms in total. The summed E-state index contributed by atoms with van der Waals surface area (Å²) in [6, 6.07) is 0. The second kappa shape index (κ2) is 7.79. The van der Waals surface area contributed by atoms with E-state index < -0.39 is 16.1 Å². The molecule has 0 saturated heterocycles. The first-order chi connectivity index (χ1) is 11.5. The van der Waals surface area contributed by atoms with E-state index >= 15 is 0 Å². The average Bonchev–Trinajstić information content (AvgIpc) is 2.53. The summed E-state index contributed by atoms with van der Waals surface area (Å²) >= 11 is 0. The van der Waals surface area contributed by atoms with Crippen LogP contribution in [0.2, 0.25) is 39.3 Å². The summed E-state index contributed by atoms with van der Waals surface area (Å²) < 4.78 is 7.77. The van der Waals surface area contributed by atoms with Crippen LogP contribution in [0.3, 0.4) is 0 Å². The van der Waals surface area contributed by atoms with Crippen molar-refractivity contribution in [3.8, 4) is 0 Å². The van der Waals surface area contributed by atoms with E-state index in [1.165, 1.54) is 64.2 Å². The zero-order valence-corrected chi connectivity index (χ0v) is 20.6. The van der Waals surface area contributed by atoms with Gasteiger partial charge in [0.05, 0.1) is 26.6 Å². The van der Waals surface area contributed by atoms with E-state index in [9.17, 15) is 0 Å². The van der Waals surface area contributed by atoms with Gasteiger partial charge in [-0.25, -0.2) is 0 Å². The van der Waals surface area contributed by atoms with E-state index in [1.807, 2.05) is 0 Å². The lowest BCUT2D eigenvalue weighted by molar-refractivity contribution is -0.159. The Balaban J connectivity index is 2.53. The highest BCUT2D eigenvalue weighted by Crippen LogP contribution is 2.53. The van der Waals surface area contributed by atoms with Gasteiger partial charge in [0.2, 0.25) is 0 Å². The molecule has 2 aliphatic rings. The molecule has 0 aliphatic heterocycles. The Bertz CT molecular complexity index is 396. The van der Waals surface area contributed by atoms with Crippen LogP contribution in [0, 0.1) is 11.8 Å². The highest BCUT2D eigenvalue weighted by Gasteiger charge is 2.59. The van der Waals surface area contributed by atoms with Crippen LogP contribution in [0.15, 0.2) is 0 Å². The molecule has 0 amide bonds. The lowest BCUT2D eigenvalue weighted by Crippen LogP contribution is -2.70. The van der Waals surface area contributed by atoms with Gasteiger partial charge in [-0.05, 0) is 37.5 Å². The van der Waals surface area contributed by atoms with Gasteiger partial charge >= 0.3 is 0 Å². The van der Waals surface area contributed by atoms with E-state index in [0.717, 1.165) is 11.8 Å². The summed E-state index contributed by atoms with van der Waals surface area (Å²) in [5, 5.41) is 0.427. The van der Waals surface area contributed by atoms with Crippen LogP contribution < -0.4 is 0 Å². The molecular weight excluding hydrogens is 336 g/mol. The minimum atomic E-state index is -1.44. The van der Waals surface area contributed by atoms with Crippen molar-refractivity contribution in [2.75, 3.05) is 0 Å². The first-order valence-electron chi connectivity index (χ1n) is 11.2. The molecule has 4 atom stereocenters. The molecule has 0 bridgehead atoms. The standard InChI is InChI=1S/C22H46OSi2/c1-9-19-15-11-13-17-21(19,24(3,4)5)23-22(25(6,7)8)18-14-12-16-20(22)10-2/h19-20H,9-18H2,1-8H3. The lowest BCUT2D eigenvalue weighted by Gasteiger charge is -2.61. The molecule has 0 radical (unpaired) electrons. The maximum absolute atomic E-state index is 7.77. The van der Waals surface area contributed by atoms with E-state index in [-0.39, 0.29) is 10.4 Å². The first kappa shape index (κ1) is 21.7. The lowest BCUT2D eigenvalue weighted by atomic mass is 9.81. The van der Waals surface area contributed by atoms with Crippen LogP contribution in [-0.2, 0) is 4.74 Å². The fourth-order valence-corrected chi connectivity index (χ4v) is 12.5. The highest BCUT2D eigenvalue weighted by molar-refractivity contribution is 6.80. The van der Waals surface area contributed by atoms with Gasteiger partial charge in [-0.15, -0.1) is 0 Å². The van der Waals surface area contributed by atoms with Crippen LogP contribution in [-0.4, -0.2) is 26.6 Å². The molecule has 3 heteroatoms. The summed E-state index contributed by atoms with van der Waals surface area (Å²) in [6.45, 7) is 20.4. The Kier molecular flexibility index (Phi) is 6.76. The van der Waals surface area contributed by atoms with Crippen molar-refractivity contribution in [2.45, 2.75) is 128 Å². The van der Waals surface area contributed by atoms with E-state index in [2.05, 4.69) is 53.1 Å². The number of hydrogen-bond donors (Lipinski definition) is 0. The molecule has 0 N–H and O–H groups in total. The molecule has 0 heterocycles. The van der Waals surface area contributed by atoms with Gasteiger partial charge in [0, 0.05) is 0 Å². The summed E-state index contributed by atoms with van der Waals surface area (Å²) in [4.78, 5) is 0. The van der Waals surface area contributed by atoms with Gasteiger partial charge in [0.15, 0.2) is 0 Å². The smallest absolute Gasteiger partial charge is 0.0828 e. The molecule has 2 saturated carbocycles. The summed E-state index contributed by atoms with van der Waals surface area (Å²) in [5.41, 5.74) is 0. The monoisotopic (exact) mass is 382 g/mol. The summed E-state index contributed by atoms with van der Waals surface area (Å²) in [6.07, 6.45) is 13.7. The van der Waals surface area contributed by atoms with Crippen molar-refractivity contribution in [1.29, 1.82) is 0 Å². The Morgan fingerprint density at radius 2 is 1.04 bits per heavy atom. The molecule has 25 heavy (non-hydrogen) atoms.